The third kappa shape index (κ3) is 12.9. The van der Waals surface area contributed by atoms with Crippen molar-refractivity contribution >= 4 is 11.9 Å². The van der Waals surface area contributed by atoms with E-state index in [1.165, 1.54) is 14.0 Å². The molecule has 0 spiro atoms. The van der Waals surface area contributed by atoms with Gasteiger partial charge in [-0.15, -0.1) is 0 Å². The smallest absolute Gasteiger partial charge is 0.309 e. The molecular weight excluding hydrogens is 1120 g/mol. The van der Waals surface area contributed by atoms with Crippen LogP contribution in [0.4, 0.5) is 0 Å². The molecule has 0 bridgehead atoms. The molecule has 9 fully saturated rings. The highest BCUT2D eigenvalue weighted by Crippen LogP contribution is 2.71. The lowest BCUT2D eigenvalue weighted by atomic mass is 9.42. The third-order valence-corrected chi connectivity index (χ3v) is 22.2. The molecule has 24 heteroatoms. The third-order valence-electron chi connectivity index (χ3n) is 22.2. The molecule has 0 aromatic heterocycles. The molecule has 9 rings (SSSR count). The Balaban J connectivity index is 0.749. The van der Waals surface area contributed by atoms with E-state index < -0.39 is 176 Å². The van der Waals surface area contributed by atoms with Crippen LogP contribution in [0.3, 0.4) is 0 Å². The number of aliphatic hydroxyl groups excluding tert-OH is 5. The van der Waals surface area contributed by atoms with Crippen LogP contribution in [-0.4, -0.2) is 234 Å². The van der Waals surface area contributed by atoms with Crippen molar-refractivity contribution in [2.45, 2.75) is 311 Å². The monoisotopic (exact) mass is 1220 g/mol. The average Bonchev–Trinajstić information content (AvgIpc) is 1.94. The zero-order valence-electron chi connectivity index (χ0n) is 52.1. The molecule has 7 N–H and O–H groups in total. The number of fused-ring (bicyclic) bond motifs is 5. The molecule has 5 aliphatic heterocycles. The first kappa shape index (κ1) is 67.5. The molecule has 4 saturated carbocycles. The quantitative estimate of drug-likeness (QED) is 0.0722. The molecule has 5 heterocycles. The highest BCUT2D eigenvalue weighted by Gasteiger charge is 2.77. The summed E-state index contributed by atoms with van der Waals surface area (Å²) in [5.41, 5.74) is -4.54. The first-order valence-electron chi connectivity index (χ1n) is 31.5. The van der Waals surface area contributed by atoms with Crippen molar-refractivity contribution in [3.8, 4) is 0 Å². The van der Waals surface area contributed by atoms with E-state index in [4.69, 9.17) is 71.1 Å². The van der Waals surface area contributed by atoms with Crippen molar-refractivity contribution in [1.82, 2.24) is 0 Å². The van der Waals surface area contributed by atoms with Gasteiger partial charge in [-0.05, 0) is 116 Å². The van der Waals surface area contributed by atoms with Crippen molar-refractivity contribution in [3.05, 3.63) is 0 Å². The fraction of sp³-hybridized carbons (Fsp3) is 0.967. The van der Waals surface area contributed by atoms with Gasteiger partial charge in [-0.1, -0.05) is 27.7 Å². The van der Waals surface area contributed by atoms with Gasteiger partial charge in [0.15, 0.2) is 31.5 Å². The molecular formula is C61H102O24. The number of esters is 2. The Bertz CT molecular complexity index is 2200. The largest absolute Gasteiger partial charge is 0.462 e. The standard InChI is InChI=1S/C61H102O24/c1-14-28(2)56(68)78-33(7)60(69)19-20-61(70)37-16-15-35-21-36(17-18-58(35,9)38(37)22-44(59(60,61)10)79-34(8)63)80-45-23-39(64)52(29(3)74-45)82-46-24-40(71-11)53(30(4)75-46)83-47-25-41(72-12)54(31(5)76-47)84-48-26-42(73-13)55(32(6)77-48)85-57-51(67)50(66)49(65)43(27-62)81-57/h28-33,35-55,57,62,64-67,69-70H,14-27H2,1-13H3/t28?,29-,30-,31-,32-,33-,35+,36+,37-,38+,39+,40+,41-,42-,43-,44-,45+,46+,47+,48+,49-,50+,51-,52-,53-,54-,55-,57+,58+,59-,60-,61+/m1/s1. The average molecular weight is 1220 g/mol. The molecule has 5 saturated heterocycles. The van der Waals surface area contributed by atoms with Crippen molar-refractivity contribution in [1.29, 1.82) is 0 Å². The minimum atomic E-state index is -1.63. The van der Waals surface area contributed by atoms with Crippen LogP contribution in [0, 0.1) is 34.5 Å². The van der Waals surface area contributed by atoms with Crippen LogP contribution in [0.2, 0.25) is 0 Å². The molecule has 9 aliphatic rings. The minimum Gasteiger partial charge on any atom is -0.462 e. The summed E-state index contributed by atoms with van der Waals surface area (Å²) in [6.45, 7) is 17.6. The van der Waals surface area contributed by atoms with E-state index in [0.29, 0.717) is 25.7 Å². The van der Waals surface area contributed by atoms with Gasteiger partial charge in [0.25, 0.3) is 0 Å². The van der Waals surface area contributed by atoms with E-state index >= 15 is 0 Å². The second-order valence-electron chi connectivity index (χ2n) is 26.8. The molecule has 32 atom stereocenters. The highest BCUT2D eigenvalue weighted by atomic mass is 16.8. The molecule has 1 unspecified atom stereocenters. The molecule has 0 aromatic carbocycles. The lowest BCUT2D eigenvalue weighted by molar-refractivity contribution is -0.358. The number of aliphatic hydroxyl groups is 7. The summed E-state index contributed by atoms with van der Waals surface area (Å²) in [5, 5.41) is 78.3. The number of carbonyl (C=O) groups is 2. The van der Waals surface area contributed by atoms with Crippen molar-refractivity contribution in [2.24, 2.45) is 34.5 Å². The van der Waals surface area contributed by atoms with Gasteiger partial charge in [-0.25, -0.2) is 0 Å². The number of rotatable bonds is 19. The van der Waals surface area contributed by atoms with Crippen molar-refractivity contribution in [2.75, 3.05) is 27.9 Å². The summed E-state index contributed by atoms with van der Waals surface area (Å²) in [6, 6.07) is 0. The van der Waals surface area contributed by atoms with Gasteiger partial charge in [-0.3, -0.25) is 9.59 Å². The summed E-state index contributed by atoms with van der Waals surface area (Å²) < 4.78 is 93.5. The van der Waals surface area contributed by atoms with Crippen molar-refractivity contribution in [3.63, 3.8) is 0 Å². The second-order valence-corrected chi connectivity index (χ2v) is 26.8. The summed E-state index contributed by atoms with van der Waals surface area (Å²) >= 11 is 0. The van der Waals surface area contributed by atoms with Crippen LogP contribution in [-0.2, 0) is 80.6 Å². The van der Waals surface area contributed by atoms with E-state index in [1.54, 1.807) is 35.0 Å². The van der Waals surface area contributed by atoms with Crippen LogP contribution >= 0.6 is 0 Å². The van der Waals surface area contributed by atoms with Crippen LogP contribution in [0.25, 0.3) is 0 Å². The second kappa shape index (κ2) is 27.1. The normalized spacial score (nSPS) is 50.9. The van der Waals surface area contributed by atoms with Crippen molar-refractivity contribution < 1.29 is 116 Å². The zero-order valence-corrected chi connectivity index (χ0v) is 52.1. The fourth-order valence-corrected chi connectivity index (χ4v) is 16.8. The number of carbonyl (C=O) groups excluding carboxylic acids is 2. The molecule has 0 amide bonds. The van der Waals surface area contributed by atoms with E-state index in [9.17, 15) is 45.3 Å². The molecule has 24 nitrogen and oxygen atoms in total. The first-order valence-corrected chi connectivity index (χ1v) is 31.5. The van der Waals surface area contributed by atoms with Crippen LogP contribution < -0.4 is 0 Å². The molecule has 490 valence electrons. The van der Waals surface area contributed by atoms with Crippen LogP contribution in [0.1, 0.15) is 153 Å². The maximum atomic E-state index is 13.1. The minimum absolute atomic E-state index is 0.0112. The van der Waals surface area contributed by atoms with Crippen LogP contribution in [0.5, 0.6) is 0 Å². The lowest BCUT2D eigenvalue weighted by Crippen LogP contribution is -2.72. The van der Waals surface area contributed by atoms with E-state index in [0.717, 1.165) is 32.1 Å². The topological polar surface area (TPSA) is 314 Å². The van der Waals surface area contributed by atoms with Gasteiger partial charge in [-0.2, -0.15) is 0 Å². The Kier molecular flexibility index (Phi) is 21.6. The van der Waals surface area contributed by atoms with Crippen LogP contribution in [0.15, 0.2) is 0 Å². The molecule has 0 aromatic rings. The SMILES string of the molecule is CCC(C)C(=O)O[C@H](C)[C@]1(O)CC[C@]2(O)[C@@H]3CC[C@H]4C[C@@H](O[C@H]5C[C@H](O)[C@H](O[C@H]6C[C@H](OC)[C@H](O[C@H]7C[C@@H](OC)[C@H](O[C@H]8C[C@@H](OC)[C@H](O[C@@H]9O[C@H](CO)[C@@H](O)[C@H](O)[C@H]9O)[C@@H](C)O8)[C@@H](C)O7)[C@@H](C)O6)[C@@H](C)O5)CC[C@]4(C)[C@H]3C[C@@H](OC(C)=O)[C@]12C. The first-order chi connectivity index (χ1) is 40.2. The zero-order chi connectivity index (χ0) is 61.8. The van der Waals surface area contributed by atoms with Gasteiger partial charge in [0.1, 0.15) is 66.6 Å². The Morgan fingerprint density at radius 2 is 1.12 bits per heavy atom. The summed E-state index contributed by atoms with van der Waals surface area (Å²) in [4.78, 5) is 25.9. The fourth-order valence-electron chi connectivity index (χ4n) is 16.8. The van der Waals surface area contributed by atoms with Gasteiger partial charge >= 0.3 is 11.9 Å². The summed E-state index contributed by atoms with van der Waals surface area (Å²) in [5.74, 6) is -1.20. The number of methoxy groups -OCH3 is 3. The Hall–Kier alpha value is -1.86. The molecule has 0 radical (unpaired) electrons. The van der Waals surface area contributed by atoms with E-state index in [2.05, 4.69) is 6.92 Å². The van der Waals surface area contributed by atoms with Gasteiger partial charge in [0.2, 0.25) is 0 Å². The Labute approximate surface area is 500 Å². The highest BCUT2D eigenvalue weighted by molar-refractivity contribution is 5.72. The summed E-state index contributed by atoms with van der Waals surface area (Å²) in [7, 11) is 4.70. The Morgan fingerprint density at radius 1 is 0.600 bits per heavy atom. The molecule has 85 heavy (non-hydrogen) atoms. The molecule has 4 aliphatic carbocycles. The Morgan fingerprint density at radius 3 is 1.62 bits per heavy atom. The number of hydrogen-bond acceptors (Lipinski definition) is 24. The predicted octanol–water partition coefficient (Wildman–Crippen LogP) is 3.07. The lowest BCUT2D eigenvalue weighted by Gasteiger charge is -2.66. The maximum Gasteiger partial charge on any atom is 0.309 e. The number of hydrogen-bond donors (Lipinski definition) is 7. The maximum absolute atomic E-state index is 13.1. The van der Waals surface area contributed by atoms with Gasteiger partial charge in [0.05, 0.1) is 78.5 Å². The van der Waals surface area contributed by atoms with E-state index in [1.807, 2.05) is 34.6 Å². The number of ether oxygens (including phenoxy) is 15. The van der Waals surface area contributed by atoms with Gasteiger partial charge < -0.3 is 107 Å². The van der Waals surface area contributed by atoms with E-state index in [-0.39, 0.29) is 60.9 Å². The predicted molar refractivity (Wildman–Crippen MR) is 296 cm³/mol. The van der Waals surface area contributed by atoms with Gasteiger partial charge in [0, 0.05) is 53.9 Å². The summed E-state index contributed by atoms with van der Waals surface area (Å²) in [6.07, 6.45) is -13.1.